The minimum Gasteiger partial charge on any atom is -0.368 e. The molecule has 2 aliphatic rings. The number of halogens is 7. The van der Waals surface area contributed by atoms with E-state index in [-0.39, 0.29) is 30.5 Å². The van der Waals surface area contributed by atoms with E-state index in [0.29, 0.717) is 23.3 Å². The van der Waals surface area contributed by atoms with Crippen LogP contribution < -0.4 is 5.73 Å². The smallest absolute Gasteiger partial charge is 0.368 e. The van der Waals surface area contributed by atoms with E-state index >= 15 is 0 Å². The molecule has 0 radical (unpaired) electrons. The van der Waals surface area contributed by atoms with Crippen molar-refractivity contribution in [2.45, 2.75) is 62.8 Å². The summed E-state index contributed by atoms with van der Waals surface area (Å²) < 4.78 is 99.6. The maximum atomic E-state index is 13.7. The number of carbonyl (C=O) groups is 1. The predicted octanol–water partition coefficient (Wildman–Crippen LogP) is 5.34. The summed E-state index contributed by atoms with van der Waals surface area (Å²) >= 11 is 0. The van der Waals surface area contributed by atoms with Gasteiger partial charge in [-0.2, -0.15) is 26.3 Å². The first-order valence-electron chi connectivity index (χ1n) is 10.9. The fraction of sp³-hybridized carbons (Fsp3) is 0.458. The van der Waals surface area contributed by atoms with Gasteiger partial charge >= 0.3 is 12.4 Å². The number of fused-ring (bicyclic) bond motifs is 1. The average Bonchev–Trinajstić information content (AvgIpc) is 3.23. The standard InChI is InChI=1S/C24H23F7N2O2/c1-11-5-16(25)3-4-17(11)21-19(10-33-20(34)9-18(32)22(21)33)35-12(2)13-6-14(23(26,27)28)8-15(7-13)24(29,30)31/h3-8,12,18-19,21-22H,9-10,32H2,1-2H3/t12-,18-,19+,21?,22+/m1/s1. The molecule has 35 heavy (non-hydrogen) atoms. The lowest BCUT2D eigenvalue weighted by molar-refractivity contribution is -0.143. The number of ether oxygens (including phenoxy) is 1. The predicted molar refractivity (Wildman–Crippen MR) is 112 cm³/mol. The molecule has 4 rings (SSSR count). The third-order valence-electron chi connectivity index (χ3n) is 6.72. The molecule has 1 unspecified atom stereocenters. The molecule has 0 spiro atoms. The molecule has 2 fully saturated rings. The van der Waals surface area contributed by atoms with Gasteiger partial charge in [0, 0.05) is 24.9 Å². The highest BCUT2D eigenvalue weighted by atomic mass is 19.4. The number of benzene rings is 2. The number of nitrogens with zero attached hydrogens (tertiary/aromatic N) is 1. The Bertz CT molecular complexity index is 1100. The van der Waals surface area contributed by atoms with Crippen LogP contribution in [0.5, 0.6) is 0 Å². The number of carbonyl (C=O) groups excluding carboxylic acids is 1. The highest BCUT2D eigenvalue weighted by Gasteiger charge is 2.53. The second-order valence-corrected chi connectivity index (χ2v) is 9.09. The van der Waals surface area contributed by atoms with E-state index < -0.39 is 59.5 Å². The minimum absolute atomic E-state index is 0.0598. The van der Waals surface area contributed by atoms with Crippen LogP contribution in [0.2, 0.25) is 0 Å². The van der Waals surface area contributed by atoms with E-state index in [1.807, 2.05) is 0 Å². The Morgan fingerprint density at radius 2 is 1.63 bits per heavy atom. The molecule has 2 aliphatic heterocycles. The Labute approximate surface area is 196 Å². The van der Waals surface area contributed by atoms with Crippen molar-refractivity contribution in [3.63, 3.8) is 0 Å². The largest absolute Gasteiger partial charge is 0.416 e. The number of amides is 1. The first-order chi connectivity index (χ1) is 16.2. The van der Waals surface area contributed by atoms with Crippen molar-refractivity contribution in [3.05, 3.63) is 70.0 Å². The van der Waals surface area contributed by atoms with E-state index in [1.165, 1.54) is 24.0 Å². The van der Waals surface area contributed by atoms with Gasteiger partial charge in [0.25, 0.3) is 0 Å². The van der Waals surface area contributed by atoms with Crippen molar-refractivity contribution in [1.82, 2.24) is 4.90 Å². The second kappa shape index (κ2) is 8.77. The zero-order chi connectivity index (χ0) is 25.9. The average molecular weight is 504 g/mol. The highest BCUT2D eigenvalue weighted by Crippen LogP contribution is 2.44. The Hall–Kier alpha value is -2.66. The maximum Gasteiger partial charge on any atom is 0.416 e. The molecule has 0 saturated carbocycles. The maximum absolute atomic E-state index is 13.7. The van der Waals surface area contributed by atoms with Crippen LogP contribution in [0, 0.1) is 12.7 Å². The molecule has 1 amide bonds. The van der Waals surface area contributed by atoms with Crippen molar-refractivity contribution in [3.8, 4) is 0 Å². The Kier molecular flexibility index (Phi) is 6.38. The van der Waals surface area contributed by atoms with E-state index in [4.69, 9.17) is 10.5 Å². The Morgan fingerprint density at radius 1 is 1.03 bits per heavy atom. The SMILES string of the molecule is Cc1cc(F)ccc1C1[C@@H](O[C@H](C)c2cc(C(F)(F)F)cc(C(F)(F)F)c2)CN2C(=O)C[C@@H](N)[C@@H]12. The van der Waals surface area contributed by atoms with Crippen LogP contribution >= 0.6 is 0 Å². The normalized spacial score (nSPS) is 25.8. The van der Waals surface area contributed by atoms with Crippen molar-refractivity contribution in [2.75, 3.05) is 6.54 Å². The summed E-state index contributed by atoms with van der Waals surface area (Å²) in [5, 5.41) is 0. The monoisotopic (exact) mass is 504 g/mol. The van der Waals surface area contributed by atoms with Crippen molar-refractivity contribution in [1.29, 1.82) is 0 Å². The number of nitrogens with two attached hydrogens (primary N) is 1. The molecule has 2 N–H and O–H groups in total. The molecule has 2 saturated heterocycles. The van der Waals surface area contributed by atoms with Gasteiger partial charge in [0.15, 0.2) is 0 Å². The molecule has 0 aliphatic carbocycles. The van der Waals surface area contributed by atoms with Gasteiger partial charge < -0.3 is 15.4 Å². The first kappa shape index (κ1) is 25.4. The molecule has 2 heterocycles. The lowest BCUT2D eigenvalue weighted by Crippen LogP contribution is -2.39. The topological polar surface area (TPSA) is 55.6 Å². The summed E-state index contributed by atoms with van der Waals surface area (Å²) in [4.78, 5) is 14.0. The quantitative estimate of drug-likeness (QED) is 0.572. The summed E-state index contributed by atoms with van der Waals surface area (Å²) in [7, 11) is 0. The molecule has 0 aromatic heterocycles. The van der Waals surface area contributed by atoms with Crippen LogP contribution in [-0.4, -0.2) is 35.5 Å². The molecule has 4 nitrogen and oxygen atoms in total. The number of aryl methyl sites for hydroxylation is 1. The molecule has 2 aromatic rings. The van der Waals surface area contributed by atoms with Gasteiger partial charge in [0.1, 0.15) is 5.82 Å². The van der Waals surface area contributed by atoms with Gasteiger partial charge in [-0.1, -0.05) is 6.07 Å². The van der Waals surface area contributed by atoms with Crippen molar-refractivity contribution < 1.29 is 40.3 Å². The highest BCUT2D eigenvalue weighted by molar-refractivity contribution is 5.81. The summed E-state index contributed by atoms with van der Waals surface area (Å²) in [6.45, 7) is 3.09. The van der Waals surface area contributed by atoms with Crippen LogP contribution in [0.1, 0.15) is 53.2 Å². The molecule has 2 aromatic carbocycles. The number of rotatable bonds is 4. The van der Waals surface area contributed by atoms with E-state index in [9.17, 15) is 35.5 Å². The van der Waals surface area contributed by atoms with E-state index in [0.717, 1.165) is 0 Å². The lowest BCUT2D eigenvalue weighted by Gasteiger charge is -2.29. The van der Waals surface area contributed by atoms with Gasteiger partial charge in [-0.25, -0.2) is 4.39 Å². The van der Waals surface area contributed by atoms with E-state index in [2.05, 4.69) is 0 Å². The van der Waals surface area contributed by atoms with Crippen LogP contribution in [0.3, 0.4) is 0 Å². The van der Waals surface area contributed by atoms with E-state index in [1.54, 1.807) is 13.0 Å². The van der Waals surface area contributed by atoms with Crippen molar-refractivity contribution >= 4 is 5.91 Å². The minimum atomic E-state index is -4.99. The second-order valence-electron chi connectivity index (χ2n) is 9.09. The fourth-order valence-electron chi connectivity index (χ4n) is 5.13. The van der Waals surface area contributed by atoms with Gasteiger partial charge in [0.05, 0.1) is 29.4 Å². The third-order valence-corrected chi connectivity index (χ3v) is 6.72. The molecular weight excluding hydrogens is 481 g/mol. The zero-order valence-electron chi connectivity index (χ0n) is 18.8. The molecule has 0 bridgehead atoms. The van der Waals surface area contributed by atoms with Crippen LogP contribution in [-0.2, 0) is 21.9 Å². The molecule has 190 valence electrons. The van der Waals surface area contributed by atoms with Gasteiger partial charge in [-0.3, -0.25) is 4.79 Å². The Morgan fingerprint density at radius 3 is 2.17 bits per heavy atom. The fourth-order valence-corrected chi connectivity index (χ4v) is 5.13. The summed E-state index contributed by atoms with van der Waals surface area (Å²) in [5.74, 6) is -1.22. The van der Waals surface area contributed by atoms with Gasteiger partial charge in [-0.15, -0.1) is 0 Å². The van der Waals surface area contributed by atoms with Crippen LogP contribution in [0.15, 0.2) is 36.4 Å². The van der Waals surface area contributed by atoms with Crippen LogP contribution in [0.25, 0.3) is 0 Å². The molecule has 5 atom stereocenters. The zero-order valence-corrected chi connectivity index (χ0v) is 18.8. The summed E-state index contributed by atoms with van der Waals surface area (Å²) in [6.07, 6.45) is -11.8. The number of hydrogen-bond donors (Lipinski definition) is 1. The number of hydrogen-bond acceptors (Lipinski definition) is 3. The van der Waals surface area contributed by atoms with Crippen LogP contribution in [0.4, 0.5) is 30.7 Å². The molecule has 11 heteroatoms. The molecular formula is C24H23F7N2O2. The third kappa shape index (κ3) is 4.88. The van der Waals surface area contributed by atoms with Crippen molar-refractivity contribution in [2.24, 2.45) is 5.73 Å². The summed E-state index contributed by atoms with van der Waals surface area (Å²) in [5.41, 5.74) is 4.27. The summed E-state index contributed by atoms with van der Waals surface area (Å²) in [6, 6.07) is 4.38. The first-order valence-corrected chi connectivity index (χ1v) is 10.9. The van der Waals surface area contributed by atoms with Gasteiger partial charge in [0.2, 0.25) is 5.91 Å². The lowest BCUT2D eigenvalue weighted by atomic mass is 9.84. The number of alkyl halides is 6. The Balaban J connectivity index is 1.71. The van der Waals surface area contributed by atoms with Gasteiger partial charge in [-0.05, 0) is 60.9 Å².